The molecule has 1 fully saturated rings. The van der Waals surface area contributed by atoms with E-state index in [4.69, 9.17) is 22.1 Å². The molecule has 5 atom stereocenters. The predicted octanol–water partition coefficient (Wildman–Crippen LogP) is 1.02. The topological polar surface area (TPSA) is 127 Å². The normalized spacial score (nSPS) is 27.1. The van der Waals surface area contributed by atoms with Crippen LogP contribution >= 0.6 is 11.6 Å². The Morgan fingerprint density at radius 3 is 2.77 bits per heavy atom. The molecule has 1 aliphatic rings. The second kappa shape index (κ2) is 6.49. The van der Waals surface area contributed by atoms with Gasteiger partial charge in [-0.15, -0.1) is 0 Å². The van der Waals surface area contributed by atoms with Crippen LogP contribution in [0.4, 0.5) is 5.82 Å². The van der Waals surface area contributed by atoms with Gasteiger partial charge in [-0.25, -0.2) is 9.97 Å². The summed E-state index contributed by atoms with van der Waals surface area (Å²) in [5, 5.41) is 32.5. The highest BCUT2D eigenvalue weighted by atomic mass is 35.5. The molecule has 9 heteroatoms. The van der Waals surface area contributed by atoms with E-state index in [1.54, 1.807) is 41.1 Å². The molecule has 0 spiro atoms. The molecule has 3 heterocycles. The van der Waals surface area contributed by atoms with Crippen molar-refractivity contribution in [1.82, 2.24) is 14.5 Å². The lowest BCUT2D eigenvalue weighted by Gasteiger charge is -2.21. The van der Waals surface area contributed by atoms with Gasteiger partial charge in [0.2, 0.25) is 0 Å². The zero-order chi connectivity index (χ0) is 18.4. The van der Waals surface area contributed by atoms with Gasteiger partial charge in [0, 0.05) is 11.2 Å². The highest BCUT2D eigenvalue weighted by molar-refractivity contribution is 6.30. The lowest BCUT2D eigenvalue weighted by atomic mass is 9.99. The van der Waals surface area contributed by atoms with Crippen LogP contribution in [0.1, 0.15) is 17.9 Å². The van der Waals surface area contributed by atoms with Crippen LogP contribution in [0.3, 0.4) is 0 Å². The number of aliphatic hydroxyl groups is 3. The van der Waals surface area contributed by atoms with Gasteiger partial charge in [0.1, 0.15) is 42.2 Å². The number of benzene rings is 1. The Hall–Kier alpha value is -2.23. The molecular weight excluding hydrogens is 360 g/mol. The summed E-state index contributed by atoms with van der Waals surface area (Å²) in [6.07, 6.45) is -2.74. The summed E-state index contributed by atoms with van der Waals surface area (Å²) in [4.78, 5) is 8.09. The zero-order valence-corrected chi connectivity index (χ0v) is 14.2. The molecule has 0 aliphatic carbocycles. The average molecular weight is 377 g/mol. The van der Waals surface area contributed by atoms with Gasteiger partial charge in [0.15, 0.2) is 6.23 Å². The number of aliphatic hydroxyl groups excluding tert-OH is 3. The summed E-state index contributed by atoms with van der Waals surface area (Å²) in [6, 6.07) is 8.33. The van der Waals surface area contributed by atoms with Gasteiger partial charge in [-0.2, -0.15) is 0 Å². The quantitative estimate of drug-likeness (QED) is 0.537. The summed E-state index contributed by atoms with van der Waals surface area (Å²) < 4.78 is 7.36. The minimum Gasteiger partial charge on any atom is -0.387 e. The van der Waals surface area contributed by atoms with E-state index in [0.717, 1.165) is 0 Å². The number of fused-ring (bicyclic) bond motifs is 1. The first-order chi connectivity index (χ1) is 12.5. The van der Waals surface area contributed by atoms with Crippen molar-refractivity contribution >= 4 is 28.5 Å². The molecule has 1 aliphatic heterocycles. The van der Waals surface area contributed by atoms with Crippen molar-refractivity contribution in [3.63, 3.8) is 0 Å². The molecule has 1 aromatic carbocycles. The van der Waals surface area contributed by atoms with Crippen molar-refractivity contribution in [2.45, 2.75) is 30.6 Å². The van der Waals surface area contributed by atoms with Crippen LogP contribution in [-0.4, -0.2) is 48.2 Å². The van der Waals surface area contributed by atoms with Crippen LogP contribution in [0.5, 0.6) is 0 Å². The molecule has 4 rings (SSSR count). The van der Waals surface area contributed by atoms with E-state index >= 15 is 0 Å². The SMILES string of the molecule is Nc1ncnc2c1ccn2[C@@H]1O[C@H](C(O)c2cccc(Cl)c2)[C@@H](O)[C@H]1O. The lowest BCUT2D eigenvalue weighted by Crippen LogP contribution is -2.34. The second-order valence-corrected chi connectivity index (χ2v) is 6.63. The van der Waals surface area contributed by atoms with Crippen LogP contribution < -0.4 is 5.73 Å². The van der Waals surface area contributed by atoms with E-state index < -0.39 is 30.6 Å². The monoisotopic (exact) mass is 376 g/mol. The number of rotatable bonds is 3. The van der Waals surface area contributed by atoms with Crippen LogP contribution in [0.2, 0.25) is 5.02 Å². The van der Waals surface area contributed by atoms with E-state index in [1.165, 1.54) is 6.33 Å². The summed E-state index contributed by atoms with van der Waals surface area (Å²) >= 11 is 5.96. The lowest BCUT2D eigenvalue weighted by molar-refractivity contribution is -0.0848. The molecule has 0 radical (unpaired) electrons. The molecule has 1 unspecified atom stereocenters. The van der Waals surface area contributed by atoms with Gasteiger partial charge in [-0.1, -0.05) is 23.7 Å². The molecular formula is C17H17ClN4O4. The summed E-state index contributed by atoms with van der Waals surface area (Å²) in [7, 11) is 0. The third kappa shape index (κ3) is 2.72. The fourth-order valence-corrected chi connectivity index (χ4v) is 3.45. The fraction of sp³-hybridized carbons (Fsp3) is 0.294. The van der Waals surface area contributed by atoms with Crippen LogP contribution in [-0.2, 0) is 4.74 Å². The van der Waals surface area contributed by atoms with Crippen molar-refractivity contribution < 1.29 is 20.1 Å². The molecule has 136 valence electrons. The minimum atomic E-state index is -1.30. The largest absolute Gasteiger partial charge is 0.387 e. The minimum absolute atomic E-state index is 0.303. The molecule has 0 bridgehead atoms. The Morgan fingerprint density at radius 1 is 1.19 bits per heavy atom. The number of nitrogens with two attached hydrogens (primary N) is 1. The molecule has 8 nitrogen and oxygen atoms in total. The maximum atomic E-state index is 10.6. The van der Waals surface area contributed by atoms with Gasteiger partial charge in [0.05, 0.1) is 5.39 Å². The zero-order valence-electron chi connectivity index (χ0n) is 13.5. The number of aromatic nitrogens is 3. The van der Waals surface area contributed by atoms with Crippen molar-refractivity contribution in [2.24, 2.45) is 0 Å². The highest BCUT2D eigenvalue weighted by Gasteiger charge is 2.47. The first-order valence-electron chi connectivity index (χ1n) is 7.99. The highest BCUT2D eigenvalue weighted by Crippen LogP contribution is 2.38. The van der Waals surface area contributed by atoms with Gasteiger partial charge in [0.25, 0.3) is 0 Å². The first kappa shape index (κ1) is 17.2. The molecule has 2 aromatic heterocycles. The van der Waals surface area contributed by atoms with E-state index in [-0.39, 0.29) is 0 Å². The summed E-state index contributed by atoms with van der Waals surface area (Å²) in [5.41, 5.74) is 6.78. The Labute approximate surface area is 153 Å². The van der Waals surface area contributed by atoms with Crippen molar-refractivity contribution in [3.05, 3.63) is 53.4 Å². The maximum Gasteiger partial charge on any atom is 0.164 e. The average Bonchev–Trinajstić information content (AvgIpc) is 3.18. The number of hydrogen-bond donors (Lipinski definition) is 4. The third-order valence-corrected chi connectivity index (χ3v) is 4.83. The molecule has 1 saturated heterocycles. The van der Waals surface area contributed by atoms with Crippen molar-refractivity contribution in [3.8, 4) is 0 Å². The molecule has 5 N–H and O–H groups in total. The van der Waals surface area contributed by atoms with Crippen LogP contribution in [0.25, 0.3) is 11.0 Å². The fourth-order valence-electron chi connectivity index (χ4n) is 3.25. The van der Waals surface area contributed by atoms with Crippen LogP contribution in [0.15, 0.2) is 42.9 Å². The summed E-state index contributed by atoms with van der Waals surface area (Å²) in [6.45, 7) is 0. The van der Waals surface area contributed by atoms with E-state index in [2.05, 4.69) is 9.97 Å². The van der Waals surface area contributed by atoms with E-state index in [1.807, 2.05) is 0 Å². The summed E-state index contributed by atoms with van der Waals surface area (Å²) in [5.74, 6) is 0.303. The van der Waals surface area contributed by atoms with Crippen molar-refractivity contribution in [2.75, 3.05) is 5.73 Å². The van der Waals surface area contributed by atoms with Gasteiger partial charge >= 0.3 is 0 Å². The van der Waals surface area contributed by atoms with Gasteiger partial charge < -0.3 is 30.4 Å². The Bertz CT molecular complexity index is 949. The van der Waals surface area contributed by atoms with Crippen molar-refractivity contribution in [1.29, 1.82) is 0 Å². The van der Waals surface area contributed by atoms with Crippen LogP contribution in [0, 0.1) is 0 Å². The first-order valence-corrected chi connectivity index (χ1v) is 8.37. The molecule has 3 aromatic rings. The smallest absolute Gasteiger partial charge is 0.164 e. The number of nitrogens with zero attached hydrogens (tertiary/aromatic N) is 3. The standard InChI is InChI=1S/C17H17ClN4O4/c18-9-3-1-2-8(6-9)11(23)14-12(24)13(25)17(26-14)22-5-4-10-15(19)20-7-21-16(10)22/h1-7,11-14,17,23-25H,(H2,19,20,21)/t11?,12-,13+,14+,17+/m0/s1. The number of nitrogen functional groups attached to an aromatic ring is 1. The van der Waals surface area contributed by atoms with E-state index in [0.29, 0.717) is 27.4 Å². The Balaban J connectivity index is 1.66. The Kier molecular flexibility index (Phi) is 4.29. The maximum absolute atomic E-state index is 10.6. The predicted molar refractivity (Wildman–Crippen MR) is 94.3 cm³/mol. The molecule has 0 saturated carbocycles. The Morgan fingerprint density at radius 2 is 2.00 bits per heavy atom. The van der Waals surface area contributed by atoms with E-state index in [9.17, 15) is 15.3 Å². The number of anilines is 1. The molecule has 0 amide bonds. The number of ether oxygens (including phenoxy) is 1. The molecule has 26 heavy (non-hydrogen) atoms. The third-order valence-electron chi connectivity index (χ3n) is 4.59. The second-order valence-electron chi connectivity index (χ2n) is 6.19. The number of halogens is 1. The van der Waals surface area contributed by atoms with Gasteiger partial charge in [-0.05, 0) is 23.8 Å². The van der Waals surface area contributed by atoms with Gasteiger partial charge in [-0.3, -0.25) is 0 Å². The number of hydrogen-bond acceptors (Lipinski definition) is 7.